The Balaban J connectivity index is 1.45. The van der Waals surface area contributed by atoms with Crippen molar-refractivity contribution in [2.75, 3.05) is 6.79 Å². The van der Waals surface area contributed by atoms with Crippen LogP contribution in [0.1, 0.15) is 33.2 Å². The summed E-state index contributed by atoms with van der Waals surface area (Å²) >= 11 is 6.07. The fourth-order valence-corrected chi connectivity index (χ4v) is 4.55. The first-order chi connectivity index (χ1) is 16.1. The van der Waals surface area contributed by atoms with Crippen LogP contribution in [0.25, 0.3) is 11.3 Å². The van der Waals surface area contributed by atoms with Crippen molar-refractivity contribution in [3.05, 3.63) is 94.1 Å². The summed E-state index contributed by atoms with van der Waals surface area (Å²) in [6, 6.07) is 19.6. The van der Waals surface area contributed by atoms with Crippen LogP contribution < -0.4 is 9.47 Å². The molecular weight excluding hydrogens is 442 g/mol. The van der Waals surface area contributed by atoms with E-state index in [0.29, 0.717) is 34.5 Å². The van der Waals surface area contributed by atoms with Crippen molar-refractivity contribution in [1.29, 1.82) is 0 Å². The lowest BCUT2D eigenvalue weighted by atomic mass is 9.96. The maximum absolute atomic E-state index is 13.5. The summed E-state index contributed by atoms with van der Waals surface area (Å²) in [7, 11) is 0. The summed E-state index contributed by atoms with van der Waals surface area (Å²) in [6.45, 7) is 0.557. The van der Waals surface area contributed by atoms with Gasteiger partial charge in [-0.2, -0.15) is 5.10 Å². The topological polar surface area (TPSA) is 87.7 Å². The number of nitrogens with one attached hydrogen (secondary N) is 1. The van der Waals surface area contributed by atoms with Crippen LogP contribution in [0.5, 0.6) is 17.2 Å². The number of amides is 1. The number of nitrogens with zero attached hydrogens (tertiary/aromatic N) is 2. The predicted molar refractivity (Wildman–Crippen MR) is 121 cm³/mol. The molecule has 33 heavy (non-hydrogen) atoms. The van der Waals surface area contributed by atoms with Gasteiger partial charge >= 0.3 is 0 Å². The smallest absolute Gasteiger partial charge is 0.273 e. The number of benzene rings is 3. The van der Waals surface area contributed by atoms with E-state index in [-0.39, 0.29) is 24.5 Å². The maximum Gasteiger partial charge on any atom is 0.273 e. The molecule has 0 radical (unpaired) electrons. The standard InChI is InChI=1S/C25H18ClN3O4/c26-17-6-2-15(3-7-17)22-21-23(28-27-22)25(31)29(24(21)16-4-8-18(30)9-5-16)12-14-1-10-19-20(11-14)33-13-32-19/h1-11,24,30H,12-13H2,(H,27,28). The number of hydrogen-bond donors (Lipinski definition) is 2. The molecule has 1 aromatic heterocycles. The maximum atomic E-state index is 13.5. The molecule has 0 saturated heterocycles. The Morgan fingerprint density at radius 3 is 2.58 bits per heavy atom. The average Bonchev–Trinajstić information content (AvgIpc) is 3.52. The molecule has 6 rings (SSSR count). The Labute approximate surface area is 194 Å². The number of rotatable bonds is 4. The van der Waals surface area contributed by atoms with Gasteiger partial charge in [0.05, 0.1) is 11.7 Å². The quantitative estimate of drug-likeness (QED) is 0.452. The molecule has 0 fully saturated rings. The van der Waals surface area contributed by atoms with Gasteiger partial charge in [0.25, 0.3) is 5.91 Å². The van der Waals surface area contributed by atoms with Gasteiger partial charge in [0.2, 0.25) is 6.79 Å². The summed E-state index contributed by atoms with van der Waals surface area (Å²) in [6.07, 6.45) is 0. The number of carbonyl (C=O) groups is 1. The Morgan fingerprint density at radius 2 is 1.79 bits per heavy atom. The van der Waals surface area contributed by atoms with Gasteiger partial charge in [-0.3, -0.25) is 9.89 Å². The molecule has 1 unspecified atom stereocenters. The number of phenolic OH excluding ortho intramolecular Hbond substituents is 1. The van der Waals surface area contributed by atoms with E-state index in [9.17, 15) is 9.90 Å². The van der Waals surface area contributed by atoms with Gasteiger partial charge in [-0.15, -0.1) is 0 Å². The molecule has 3 aromatic carbocycles. The van der Waals surface area contributed by atoms with Crippen LogP contribution in [0.3, 0.4) is 0 Å². The van der Waals surface area contributed by atoms with Crippen LogP contribution in [-0.2, 0) is 6.54 Å². The zero-order valence-electron chi connectivity index (χ0n) is 17.3. The molecule has 164 valence electrons. The lowest BCUT2D eigenvalue weighted by Gasteiger charge is -2.26. The van der Waals surface area contributed by atoms with E-state index in [0.717, 1.165) is 22.3 Å². The highest BCUT2D eigenvalue weighted by Crippen LogP contribution is 2.44. The molecule has 4 aromatic rings. The normalized spacial score (nSPS) is 16.3. The van der Waals surface area contributed by atoms with Crippen molar-refractivity contribution >= 4 is 17.5 Å². The molecule has 0 bridgehead atoms. The molecule has 3 heterocycles. The number of aromatic nitrogens is 2. The third-order valence-corrected chi connectivity index (χ3v) is 6.23. The van der Waals surface area contributed by atoms with Gasteiger partial charge in [-0.1, -0.05) is 41.9 Å². The summed E-state index contributed by atoms with van der Waals surface area (Å²) in [4.78, 5) is 15.3. The molecule has 0 saturated carbocycles. The van der Waals surface area contributed by atoms with Gasteiger partial charge in [-0.25, -0.2) is 0 Å². The molecule has 1 amide bonds. The fraction of sp³-hybridized carbons (Fsp3) is 0.120. The minimum atomic E-state index is -0.386. The summed E-state index contributed by atoms with van der Waals surface area (Å²) in [5.74, 6) is 1.38. The third kappa shape index (κ3) is 3.29. The number of hydrogen-bond acceptors (Lipinski definition) is 5. The lowest BCUT2D eigenvalue weighted by Crippen LogP contribution is -2.29. The number of aromatic amines is 1. The van der Waals surface area contributed by atoms with Crippen molar-refractivity contribution in [3.63, 3.8) is 0 Å². The van der Waals surface area contributed by atoms with E-state index < -0.39 is 0 Å². The Bertz CT molecular complexity index is 1370. The number of halogens is 1. The predicted octanol–water partition coefficient (Wildman–Crippen LogP) is 4.91. The van der Waals surface area contributed by atoms with Crippen LogP contribution in [0.2, 0.25) is 5.02 Å². The van der Waals surface area contributed by atoms with Crippen molar-refractivity contribution in [3.8, 4) is 28.5 Å². The molecule has 1 atom stereocenters. The monoisotopic (exact) mass is 459 g/mol. The minimum Gasteiger partial charge on any atom is -0.508 e. The first kappa shape index (κ1) is 19.7. The van der Waals surface area contributed by atoms with Crippen LogP contribution in [0.15, 0.2) is 66.7 Å². The first-order valence-electron chi connectivity index (χ1n) is 10.4. The number of phenols is 1. The lowest BCUT2D eigenvalue weighted by molar-refractivity contribution is 0.0730. The Morgan fingerprint density at radius 1 is 1.03 bits per heavy atom. The number of ether oxygens (including phenoxy) is 2. The summed E-state index contributed by atoms with van der Waals surface area (Å²) in [5.41, 5.74) is 4.60. The SMILES string of the molecule is O=C1c2[nH]nc(-c3ccc(Cl)cc3)c2C(c2ccc(O)cc2)N1Cc1ccc2c(c1)OCO2. The van der Waals surface area contributed by atoms with Crippen molar-refractivity contribution in [2.45, 2.75) is 12.6 Å². The van der Waals surface area contributed by atoms with E-state index in [1.54, 1.807) is 29.2 Å². The van der Waals surface area contributed by atoms with Gasteiger partial charge in [0, 0.05) is 22.7 Å². The van der Waals surface area contributed by atoms with E-state index >= 15 is 0 Å². The van der Waals surface area contributed by atoms with E-state index in [4.69, 9.17) is 21.1 Å². The van der Waals surface area contributed by atoms with E-state index in [1.807, 2.05) is 42.5 Å². The molecule has 8 heteroatoms. The molecule has 2 N–H and O–H groups in total. The van der Waals surface area contributed by atoms with Crippen molar-refractivity contribution in [2.24, 2.45) is 0 Å². The molecule has 7 nitrogen and oxygen atoms in total. The molecule has 2 aliphatic rings. The van der Waals surface area contributed by atoms with Crippen LogP contribution in [0.4, 0.5) is 0 Å². The number of H-pyrrole nitrogens is 1. The fourth-order valence-electron chi connectivity index (χ4n) is 4.43. The van der Waals surface area contributed by atoms with E-state index in [2.05, 4.69) is 10.2 Å². The van der Waals surface area contributed by atoms with Gasteiger partial charge in [0.1, 0.15) is 11.4 Å². The highest BCUT2D eigenvalue weighted by molar-refractivity contribution is 6.30. The molecular formula is C25H18ClN3O4. The largest absolute Gasteiger partial charge is 0.508 e. The van der Waals surface area contributed by atoms with Gasteiger partial charge in [-0.05, 0) is 47.5 Å². The zero-order valence-corrected chi connectivity index (χ0v) is 18.0. The second-order valence-corrected chi connectivity index (χ2v) is 8.42. The highest BCUT2D eigenvalue weighted by atomic mass is 35.5. The average molecular weight is 460 g/mol. The number of carbonyl (C=O) groups excluding carboxylic acids is 1. The van der Waals surface area contributed by atoms with Crippen molar-refractivity contribution in [1.82, 2.24) is 15.1 Å². The summed E-state index contributed by atoms with van der Waals surface area (Å²) in [5, 5.41) is 17.9. The molecule has 0 aliphatic carbocycles. The van der Waals surface area contributed by atoms with Crippen LogP contribution in [-0.4, -0.2) is 32.9 Å². The minimum absolute atomic E-state index is 0.145. The Hall–Kier alpha value is -3.97. The van der Waals surface area contributed by atoms with E-state index in [1.165, 1.54) is 0 Å². The highest BCUT2D eigenvalue weighted by Gasteiger charge is 2.42. The second-order valence-electron chi connectivity index (χ2n) is 7.98. The van der Waals surface area contributed by atoms with Crippen LogP contribution in [0, 0.1) is 0 Å². The van der Waals surface area contributed by atoms with Gasteiger partial charge < -0.3 is 19.5 Å². The third-order valence-electron chi connectivity index (χ3n) is 5.98. The number of aromatic hydroxyl groups is 1. The van der Waals surface area contributed by atoms with Crippen LogP contribution >= 0.6 is 11.6 Å². The summed E-state index contributed by atoms with van der Waals surface area (Å²) < 4.78 is 10.9. The molecule has 0 spiro atoms. The second kappa shape index (κ2) is 7.56. The van der Waals surface area contributed by atoms with Gasteiger partial charge in [0.15, 0.2) is 11.5 Å². The Kier molecular flexibility index (Phi) is 4.52. The molecule has 2 aliphatic heterocycles. The first-order valence-corrected chi connectivity index (χ1v) is 10.8. The zero-order chi connectivity index (χ0) is 22.5. The van der Waals surface area contributed by atoms with Crippen molar-refractivity contribution < 1.29 is 19.4 Å². The number of fused-ring (bicyclic) bond motifs is 2.